The molecule has 8 nitrogen and oxygen atoms in total. The average Bonchev–Trinajstić information content (AvgIpc) is 2.52. The number of carbonyl (C=O) groups excluding carboxylic acids is 2. The molecule has 0 heterocycles. The summed E-state index contributed by atoms with van der Waals surface area (Å²) in [6, 6.07) is 5.09. The van der Waals surface area contributed by atoms with Gasteiger partial charge < -0.3 is 14.8 Å². The van der Waals surface area contributed by atoms with Gasteiger partial charge in [0.2, 0.25) is 0 Å². The predicted octanol–water partition coefficient (Wildman–Crippen LogP) is 2.28. The molecule has 0 saturated heterocycles. The van der Waals surface area contributed by atoms with Gasteiger partial charge in [-0.05, 0) is 26.3 Å². The Balaban J connectivity index is 2.86. The third kappa shape index (κ3) is 5.93. The van der Waals surface area contributed by atoms with Gasteiger partial charge in [0.15, 0.2) is 0 Å². The molecule has 0 spiro atoms. The van der Waals surface area contributed by atoms with E-state index in [0.29, 0.717) is 0 Å². The van der Waals surface area contributed by atoms with Crippen molar-refractivity contribution in [2.24, 2.45) is 0 Å². The number of nitro benzene ring substituents is 1. The van der Waals surface area contributed by atoms with Gasteiger partial charge in [-0.15, -0.1) is 0 Å². The first kappa shape index (κ1) is 18.4. The molecule has 8 heteroatoms. The van der Waals surface area contributed by atoms with Gasteiger partial charge in [0.1, 0.15) is 11.7 Å². The third-order valence-corrected chi connectivity index (χ3v) is 2.94. The molecule has 0 amide bonds. The summed E-state index contributed by atoms with van der Waals surface area (Å²) < 4.78 is 9.76. The number of ether oxygens (including phenoxy) is 2. The number of nitro groups is 1. The lowest BCUT2D eigenvalue weighted by Gasteiger charge is -2.18. The second-order valence-corrected chi connectivity index (χ2v) is 4.57. The molecule has 0 aliphatic carbocycles. The highest BCUT2D eigenvalue weighted by molar-refractivity contribution is 5.81. The maximum Gasteiger partial charge on any atom is 0.328 e. The molecule has 1 N–H and O–H groups in total. The molecule has 1 atom stereocenters. The van der Waals surface area contributed by atoms with Gasteiger partial charge in [0.25, 0.3) is 5.69 Å². The van der Waals surface area contributed by atoms with Crippen LogP contribution >= 0.6 is 0 Å². The molecule has 0 bridgehead atoms. The minimum Gasteiger partial charge on any atom is -0.466 e. The second-order valence-electron chi connectivity index (χ2n) is 4.57. The monoisotopic (exact) mass is 324 g/mol. The lowest BCUT2D eigenvalue weighted by molar-refractivity contribution is -0.384. The molecule has 0 saturated carbocycles. The van der Waals surface area contributed by atoms with Crippen LogP contribution in [0.25, 0.3) is 0 Å². The van der Waals surface area contributed by atoms with E-state index in [4.69, 9.17) is 9.47 Å². The molecule has 0 aromatic heterocycles. The molecular formula is C15H20N2O6. The van der Waals surface area contributed by atoms with Gasteiger partial charge in [-0.25, -0.2) is 4.79 Å². The summed E-state index contributed by atoms with van der Waals surface area (Å²) in [6.45, 7) is 3.77. The van der Waals surface area contributed by atoms with Crippen molar-refractivity contribution in [3.05, 3.63) is 34.4 Å². The van der Waals surface area contributed by atoms with Gasteiger partial charge in [-0.1, -0.05) is 12.1 Å². The Morgan fingerprint density at radius 1 is 1.22 bits per heavy atom. The zero-order chi connectivity index (χ0) is 17.2. The third-order valence-electron chi connectivity index (χ3n) is 2.94. The summed E-state index contributed by atoms with van der Waals surface area (Å²) in [6.07, 6.45) is 0.120. The van der Waals surface area contributed by atoms with Gasteiger partial charge in [-0.2, -0.15) is 0 Å². The molecule has 1 aromatic rings. The minimum atomic E-state index is -0.875. The van der Waals surface area contributed by atoms with Crippen molar-refractivity contribution in [1.82, 2.24) is 0 Å². The second kappa shape index (κ2) is 9.39. The van der Waals surface area contributed by atoms with Crippen molar-refractivity contribution in [2.75, 3.05) is 18.5 Å². The van der Waals surface area contributed by atoms with Crippen LogP contribution in [0.1, 0.15) is 26.7 Å². The van der Waals surface area contributed by atoms with E-state index in [9.17, 15) is 19.7 Å². The summed E-state index contributed by atoms with van der Waals surface area (Å²) in [4.78, 5) is 33.9. The Kier molecular flexibility index (Phi) is 7.52. The molecule has 1 aromatic carbocycles. The van der Waals surface area contributed by atoms with Crippen molar-refractivity contribution in [3.8, 4) is 0 Å². The summed E-state index contributed by atoms with van der Waals surface area (Å²) in [5.41, 5.74) is 0.0392. The quantitative estimate of drug-likeness (QED) is 0.422. The first-order valence-electron chi connectivity index (χ1n) is 7.31. The Morgan fingerprint density at radius 3 is 2.48 bits per heavy atom. The number of para-hydroxylation sites is 2. The van der Waals surface area contributed by atoms with Gasteiger partial charge in [0.05, 0.1) is 18.1 Å². The first-order chi connectivity index (χ1) is 11.0. The Bertz CT molecular complexity index is 561. The van der Waals surface area contributed by atoms with E-state index in [2.05, 4.69) is 5.32 Å². The molecule has 1 rings (SSSR count). The van der Waals surface area contributed by atoms with Crippen LogP contribution in [-0.4, -0.2) is 36.1 Å². The minimum absolute atomic E-state index is 0.00491. The number of anilines is 1. The number of hydrogen-bond acceptors (Lipinski definition) is 7. The summed E-state index contributed by atoms with van der Waals surface area (Å²) in [7, 11) is 0. The van der Waals surface area contributed by atoms with Crippen molar-refractivity contribution in [3.63, 3.8) is 0 Å². The number of carbonyl (C=O) groups is 2. The molecule has 0 radical (unpaired) electrons. The van der Waals surface area contributed by atoms with Gasteiger partial charge in [0, 0.05) is 12.5 Å². The lowest BCUT2D eigenvalue weighted by atomic mass is 10.1. The maximum atomic E-state index is 12.0. The SMILES string of the molecule is CCOC(=O)CC[C@@H](Nc1ccccc1[N+](=O)[O-])C(=O)OCC. The number of nitrogens with one attached hydrogen (secondary N) is 1. The fourth-order valence-electron chi connectivity index (χ4n) is 1.93. The smallest absolute Gasteiger partial charge is 0.328 e. The Labute approximate surface area is 133 Å². The van der Waals surface area contributed by atoms with Gasteiger partial charge >= 0.3 is 11.9 Å². The Hall–Kier alpha value is -2.64. The fraction of sp³-hybridized carbons (Fsp3) is 0.467. The van der Waals surface area contributed by atoms with Crippen LogP contribution in [0.5, 0.6) is 0 Å². The number of esters is 2. The molecule has 0 fully saturated rings. The summed E-state index contributed by atoms with van der Waals surface area (Å²) in [5, 5.41) is 13.8. The number of rotatable bonds is 9. The largest absolute Gasteiger partial charge is 0.466 e. The molecule has 23 heavy (non-hydrogen) atoms. The van der Waals surface area contributed by atoms with E-state index in [1.54, 1.807) is 19.9 Å². The van der Waals surface area contributed by atoms with Crippen LogP contribution in [0.3, 0.4) is 0 Å². The first-order valence-corrected chi connectivity index (χ1v) is 7.31. The maximum absolute atomic E-state index is 12.0. The van der Waals surface area contributed by atoms with Crippen molar-refractivity contribution < 1.29 is 24.0 Å². The number of hydrogen-bond donors (Lipinski definition) is 1. The highest BCUT2D eigenvalue weighted by Crippen LogP contribution is 2.25. The van der Waals surface area contributed by atoms with E-state index in [1.807, 2.05) is 0 Å². The molecular weight excluding hydrogens is 304 g/mol. The lowest BCUT2D eigenvalue weighted by Crippen LogP contribution is -2.32. The van der Waals surface area contributed by atoms with Crippen LogP contribution in [0, 0.1) is 10.1 Å². The van der Waals surface area contributed by atoms with Crippen LogP contribution in [0.2, 0.25) is 0 Å². The average molecular weight is 324 g/mol. The van der Waals surface area contributed by atoms with E-state index in [1.165, 1.54) is 18.2 Å². The van der Waals surface area contributed by atoms with E-state index in [0.717, 1.165) is 0 Å². The van der Waals surface area contributed by atoms with Crippen molar-refractivity contribution in [1.29, 1.82) is 0 Å². The van der Waals surface area contributed by atoms with E-state index in [-0.39, 0.29) is 37.4 Å². The van der Waals surface area contributed by atoms with Crippen molar-refractivity contribution in [2.45, 2.75) is 32.7 Å². The predicted molar refractivity (Wildman–Crippen MR) is 83.0 cm³/mol. The van der Waals surface area contributed by atoms with Gasteiger partial charge in [-0.3, -0.25) is 14.9 Å². The van der Waals surface area contributed by atoms with Crippen LogP contribution in [0.15, 0.2) is 24.3 Å². The fourth-order valence-corrected chi connectivity index (χ4v) is 1.93. The molecule has 126 valence electrons. The molecule has 0 aliphatic rings. The van der Waals surface area contributed by atoms with Crippen LogP contribution in [0.4, 0.5) is 11.4 Å². The normalized spacial score (nSPS) is 11.4. The van der Waals surface area contributed by atoms with E-state index >= 15 is 0 Å². The highest BCUT2D eigenvalue weighted by atomic mass is 16.6. The summed E-state index contributed by atoms with van der Waals surface area (Å²) in [5.74, 6) is -1.01. The van der Waals surface area contributed by atoms with E-state index < -0.39 is 22.9 Å². The zero-order valence-corrected chi connectivity index (χ0v) is 13.1. The topological polar surface area (TPSA) is 108 Å². The Morgan fingerprint density at radius 2 is 1.87 bits per heavy atom. The van der Waals surface area contributed by atoms with Crippen LogP contribution in [-0.2, 0) is 19.1 Å². The zero-order valence-electron chi connectivity index (χ0n) is 13.1. The number of benzene rings is 1. The highest BCUT2D eigenvalue weighted by Gasteiger charge is 2.24. The summed E-state index contributed by atoms with van der Waals surface area (Å²) >= 11 is 0. The van der Waals surface area contributed by atoms with Crippen LogP contribution < -0.4 is 5.32 Å². The molecule has 0 aliphatic heterocycles. The standard InChI is InChI=1S/C15H20N2O6/c1-3-22-14(18)10-9-12(15(19)23-4-2)16-11-7-5-6-8-13(11)17(20)21/h5-8,12,16H,3-4,9-10H2,1-2H3/t12-/m1/s1. The van der Waals surface area contributed by atoms with Crippen molar-refractivity contribution >= 4 is 23.3 Å². The molecule has 0 unspecified atom stereocenters. The number of nitrogens with zero attached hydrogens (tertiary/aromatic N) is 1.